The number of nitrogens with zero attached hydrogens (tertiary/aromatic N) is 2. The van der Waals surface area contributed by atoms with Crippen LogP contribution in [-0.4, -0.2) is 15.8 Å². The Bertz CT molecular complexity index is 556. The van der Waals surface area contributed by atoms with Crippen molar-refractivity contribution in [2.75, 3.05) is 0 Å². The molecule has 3 nitrogen and oxygen atoms in total. The van der Waals surface area contributed by atoms with Gasteiger partial charge < -0.3 is 5.32 Å². The van der Waals surface area contributed by atoms with Crippen molar-refractivity contribution in [1.82, 2.24) is 15.1 Å². The number of nitrogens with one attached hydrogen (secondary N) is 1. The van der Waals surface area contributed by atoms with Gasteiger partial charge in [-0.2, -0.15) is 5.10 Å². The van der Waals surface area contributed by atoms with Gasteiger partial charge in [0.15, 0.2) is 0 Å². The van der Waals surface area contributed by atoms with Gasteiger partial charge in [-0.25, -0.2) is 9.07 Å². The maximum Gasteiger partial charge on any atom is 0.123 e. The third kappa shape index (κ3) is 3.01. The minimum Gasteiger partial charge on any atom is -0.310 e. The number of rotatable bonds is 4. The minimum atomic E-state index is -0.230. The van der Waals surface area contributed by atoms with E-state index in [0.717, 1.165) is 23.6 Å². The zero-order valence-corrected chi connectivity index (χ0v) is 11.9. The summed E-state index contributed by atoms with van der Waals surface area (Å²) in [4.78, 5) is 0. The predicted octanol–water partition coefficient (Wildman–Crippen LogP) is 3.13. The SMILES string of the molecule is Cc1nn(-c2ccc(F)cc2)c(C)c1CNC(C)C. The maximum absolute atomic E-state index is 13.0. The highest BCUT2D eigenvalue weighted by molar-refractivity contribution is 5.37. The first-order valence-electron chi connectivity index (χ1n) is 6.53. The summed E-state index contributed by atoms with van der Waals surface area (Å²) >= 11 is 0. The first-order chi connectivity index (χ1) is 8.99. The van der Waals surface area contributed by atoms with Crippen molar-refractivity contribution in [3.63, 3.8) is 0 Å². The van der Waals surface area contributed by atoms with Crippen LogP contribution in [0.1, 0.15) is 30.8 Å². The average molecular weight is 261 g/mol. The van der Waals surface area contributed by atoms with Crippen molar-refractivity contribution in [2.45, 2.75) is 40.3 Å². The summed E-state index contributed by atoms with van der Waals surface area (Å²) in [5.41, 5.74) is 4.20. The molecule has 0 saturated heterocycles. The number of hydrogen-bond donors (Lipinski definition) is 1. The first-order valence-corrected chi connectivity index (χ1v) is 6.53. The van der Waals surface area contributed by atoms with Crippen LogP contribution in [0.15, 0.2) is 24.3 Å². The smallest absolute Gasteiger partial charge is 0.123 e. The van der Waals surface area contributed by atoms with E-state index in [2.05, 4.69) is 24.3 Å². The number of benzene rings is 1. The molecule has 0 radical (unpaired) electrons. The zero-order valence-electron chi connectivity index (χ0n) is 11.9. The fourth-order valence-corrected chi connectivity index (χ4v) is 2.07. The molecular formula is C15H20FN3. The molecule has 2 rings (SSSR count). The van der Waals surface area contributed by atoms with Gasteiger partial charge in [-0.1, -0.05) is 13.8 Å². The van der Waals surface area contributed by atoms with Gasteiger partial charge in [0.25, 0.3) is 0 Å². The lowest BCUT2D eigenvalue weighted by molar-refractivity contribution is 0.586. The molecule has 0 atom stereocenters. The quantitative estimate of drug-likeness (QED) is 0.916. The van der Waals surface area contributed by atoms with E-state index in [1.165, 1.54) is 17.7 Å². The molecule has 1 N–H and O–H groups in total. The second-order valence-corrected chi connectivity index (χ2v) is 5.07. The Morgan fingerprint density at radius 2 is 1.84 bits per heavy atom. The van der Waals surface area contributed by atoms with Crippen molar-refractivity contribution in [2.24, 2.45) is 0 Å². The van der Waals surface area contributed by atoms with E-state index >= 15 is 0 Å². The van der Waals surface area contributed by atoms with Crippen LogP contribution < -0.4 is 5.32 Å². The Morgan fingerprint density at radius 1 is 1.21 bits per heavy atom. The van der Waals surface area contributed by atoms with Crippen LogP contribution in [0.5, 0.6) is 0 Å². The van der Waals surface area contributed by atoms with E-state index in [-0.39, 0.29) is 5.82 Å². The zero-order chi connectivity index (χ0) is 14.0. The van der Waals surface area contributed by atoms with E-state index in [1.807, 2.05) is 18.5 Å². The van der Waals surface area contributed by atoms with Gasteiger partial charge in [0.1, 0.15) is 5.82 Å². The van der Waals surface area contributed by atoms with Crippen LogP contribution in [0.3, 0.4) is 0 Å². The number of aryl methyl sites for hydroxylation is 1. The number of halogens is 1. The van der Waals surface area contributed by atoms with Crippen LogP contribution in [-0.2, 0) is 6.54 Å². The van der Waals surface area contributed by atoms with Gasteiger partial charge in [-0.15, -0.1) is 0 Å². The molecule has 4 heteroatoms. The molecule has 0 saturated carbocycles. The molecule has 1 aromatic carbocycles. The second-order valence-electron chi connectivity index (χ2n) is 5.07. The standard InChI is InChI=1S/C15H20FN3/c1-10(2)17-9-15-11(3)18-19(12(15)4)14-7-5-13(16)6-8-14/h5-8,10,17H,9H2,1-4H3. The Morgan fingerprint density at radius 3 is 2.42 bits per heavy atom. The fourth-order valence-electron chi connectivity index (χ4n) is 2.07. The van der Waals surface area contributed by atoms with E-state index < -0.39 is 0 Å². The van der Waals surface area contributed by atoms with Crippen molar-refractivity contribution >= 4 is 0 Å². The van der Waals surface area contributed by atoms with Gasteiger partial charge in [0.2, 0.25) is 0 Å². The van der Waals surface area contributed by atoms with E-state index in [9.17, 15) is 4.39 Å². The van der Waals surface area contributed by atoms with Crippen LogP contribution in [0.4, 0.5) is 4.39 Å². The van der Waals surface area contributed by atoms with Gasteiger partial charge >= 0.3 is 0 Å². The van der Waals surface area contributed by atoms with E-state index in [1.54, 1.807) is 12.1 Å². The van der Waals surface area contributed by atoms with Crippen LogP contribution in [0.2, 0.25) is 0 Å². The van der Waals surface area contributed by atoms with Crippen molar-refractivity contribution in [1.29, 1.82) is 0 Å². The van der Waals surface area contributed by atoms with Gasteiger partial charge in [0.05, 0.1) is 11.4 Å². The topological polar surface area (TPSA) is 29.9 Å². The summed E-state index contributed by atoms with van der Waals surface area (Å²) in [5.74, 6) is -0.230. The summed E-state index contributed by atoms with van der Waals surface area (Å²) < 4.78 is 14.8. The maximum atomic E-state index is 13.0. The molecule has 0 aliphatic rings. The summed E-state index contributed by atoms with van der Waals surface area (Å²) in [6.07, 6.45) is 0. The van der Waals surface area contributed by atoms with Crippen LogP contribution >= 0.6 is 0 Å². The molecule has 0 unspecified atom stereocenters. The highest BCUT2D eigenvalue weighted by Crippen LogP contribution is 2.18. The lowest BCUT2D eigenvalue weighted by Gasteiger charge is -2.09. The Balaban J connectivity index is 2.32. The third-order valence-electron chi connectivity index (χ3n) is 3.20. The minimum absolute atomic E-state index is 0.230. The number of aromatic nitrogens is 2. The summed E-state index contributed by atoms with van der Waals surface area (Å²) in [6, 6.07) is 6.84. The molecule has 2 aromatic rings. The van der Waals surface area contributed by atoms with Gasteiger partial charge in [0, 0.05) is 23.8 Å². The Labute approximate surface area is 113 Å². The molecule has 0 aliphatic carbocycles. The average Bonchev–Trinajstić information content (AvgIpc) is 2.63. The third-order valence-corrected chi connectivity index (χ3v) is 3.20. The Hall–Kier alpha value is -1.68. The molecule has 1 heterocycles. The first kappa shape index (κ1) is 13.7. The lowest BCUT2D eigenvalue weighted by atomic mass is 10.2. The fraction of sp³-hybridized carbons (Fsp3) is 0.400. The van der Waals surface area contributed by atoms with E-state index in [0.29, 0.717) is 6.04 Å². The lowest BCUT2D eigenvalue weighted by Crippen LogP contribution is -2.22. The molecule has 0 aliphatic heterocycles. The highest BCUT2D eigenvalue weighted by Gasteiger charge is 2.12. The molecule has 0 fully saturated rings. The van der Waals surface area contributed by atoms with Gasteiger partial charge in [-0.05, 0) is 38.1 Å². The Kier molecular flexibility index (Phi) is 4.00. The highest BCUT2D eigenvalue weighted by atomic mass is 19.1. The summed E-state index contributed by atoms with van der Waals surface area (Å²) in [6.45, 7) is 9.09. The molecule has 0 amide bonds. The molecule has 1 aromatic heterocycles. The van der Waals surface area contributed by atoms with Crippen LogP contribution in [0, 0.1) is 19.7 Å². The number of hydrogen-bond acceptors (Lipinski definition) is 2. The normalized spacial score (nSPS) is 11.3. The van der Waals surface area contributed by atoms with Crippen molar-refractivity contribution in [3.05, 3.63) is 47.0 Å². The second kappa shape index (κ2) is 5.53. The monoisotopic (exact) mass is 261 g/mol. The van der Waals surface area contributed by atoms with E-state index in [4.69, 9.17) is 0 Å². The van der Waals surface area contributed by atoms with Gasteiger partial charge in [-0.3, -0.25) is 0 Å². The predicted molar refractivity (Wildman–Crippen MR) is 75.0 cm³/mol. The summed E-state index contributed by atoms with van der Waals surface area (Å²) in [5, 5.41) is 7.95. The van der Waals surface area contributed by atoms with Crippen LogP contribution in [0.25, 0.3) is 5.69 Å². The molecule has 0 spiro atoms. The molecule has 19 heavy (non-hydrogen) atoms. The largest absolute Gasteiger partial charge is 0.310 e. The molecule has 0 bridgehead atoms. The molecular weight excluding hydrogens is 241 g/mol. The molecule has 102 valence electrons. The van der Waals surface area contributed by atoms with Crippen molar-refractivity contribution in [3.8, 4) is 5.69 Å². The summed E-state index contributed by atoms with van der Waals surface area (Å²) in [7, 11) is 0. The van der Waals surface area contributed by atoms with Crippen molar-refractivity contribution < 1.29 is 4.39 Å².